The predicted molar refractivity (Wildman–Crippen MR) is 43.2 cm³/mol. The van der Waals surface area contributed by atoms with Gasteiger partial charge in [-0.2, -0.15) is 0 Å². The third kappa shape index (κ3) is 1.80. The summed E-state index contributed by atoms with van der Waals surface area (Å²) < 4.78 is 0. The quantitative estimate of drug-likeness (QED) is 0.575. The van der Waals surface area contributed by atoms with Gasteiger partial charge in [-0.1, -0.05) is 13.8 Å². The van der Waals surface area contributed by atoms with Gasteiger partial charge < -0.3 is 5.11 Å². The molecule has 0 radical (unpaired) electrons. The van der Waals surface area contributed by atoms with Crippen molar-refractivity contribution in [3.05, 3.63) is 0 Å². The molecule has 1 fully saturated rings. The lowest BCUT2D eigenvalue weighted by atomic mass is 9.74. The molecule has 0 amide bonds. The molecule has 0 aromatic carbocycles. The molecular weight excluding hydrogens is 140 g/mol. The van der Waals surface area contributed by atoms with E-state index in [1.54, 1.807) is 0 Å². The average Bonchev–Trinajstić information content (AvgIpc) is 1.81. The van der Waals surface area contributed by atoms with Gasteiger partial charge in [-0.25, -0.2) is 0 Å². The zero-order valence-electron chi connectivity index (χ0n) is 7.42. The third-order valence-corrected chi connectivity index (χ3v) is 2.46. The number of carbonyl (C=O) groups excluding carboxylic acids is 1. The molecule has 1 rings (SSSR count). The second-order valence-corrected chi connectivity index (χ2v) is 4.11. The number of hydrogen-bond acceptors (Lipinski definition) is 2. The van der Waals surface area contributed by atoms with Crippen LogP contribution in [-0.2, 0) is 4.79 Å². The number of Topliss-reactive ketones (excluding diaryl/α,β-unsaturated/α-hetero) is 1. The highest BCUT2D eigenvalue weighted by Gasteiger charge is 2.37. The van der Waals surface area contributed by atoms with Crippen LogP contribution in [0.25, 0.3) is 0 Å². The van der Waals surface area contributed by atoms with Gasteiger partial charge in [-0.05, 0) is 19.8 Å². The highest BCUT2D eigenvalue weighted by Crippen LogP contribution is 2.32. The van der Waals surface area contributed by atoms with Crippen LogP contribution >= 0.6 is 0 Å². The van der Waals surface area contributed by atoms with Crippen molar-refractivity contribution in [2.75, 3.05) is 0 Å². The van der Waals surface area contributed by atoms with Gasteiger partial charge in [-0.15, -0.1) is 0 Å². The van der Waals surface area contributed by atoms with E-state index >= 15 is 0 Å². The molecule has 2 heteroatoms. The molecule has 0 heterocycles. The third-order valence-electron chi connectivity index (χ3n) is 2.46. The Hall–Kier alpha value is -0.370. The van der Waals surface area contributed by atoms with Crippen molar-refractivity contribution in [2.45, 2.75) is 39.2 Å². The molecule has 0 bridgehead atoms. The minimum absolute atomic E-state index is 0.0359. The Morgan fingerprint density at radius 3 is 2.09 bits per heavy atom. The summed E-state index contributed by atoms with van der Waals surface area (Å²) in [5.74, 6) is 0.374. The van der Waals surface area contributed by atoms with Crippen molar-refractivity contribution in [1.82, 2.24) is 0 Å². The first kappa shape index (κ1) is 8.72. The zero-order valence-corrected chi connectivity index (χ0v) is 7.42. The van der Waals surface area contributed by atoms with Crippen molar-refractivity contribution in [2.24, 2.45) is 11.8 Å². The Bertz CT molecular complexity index is 156. The van der Waals surface area contributed by atoms with E-state index in [-0.39, 0.29) is 11.8 Å². The monoisotopic (exact) mass is 156 g/mol. The van der Waals surface area contributed by atoms with E-state index in [0.717, 1.165) is 0 Å². The fraction of sp³-hybridized carbons (Fsp3) is 0.889. The normalized spacial score (nSPS) is 46.0. The first-order chi connectivity index (χ1) is 4.92. The van der Waals surface area contributed by atoms with Crippen LogP contribution in [0, 0.1) is 11.8 Å². The summed E-state index contributed by atoms with van der Waals surface area (Å²) in [5.41, 5.74) is -0.618. The van der Waals surface area contributed by atoms with Crippen molar-refractivity contribution >= 4 is 5.78 Å². The topological polar surface area (TPSA) is 37.3 Å². The molecule has 0 aliphatic heterocycles. The Balaban J connectivity index is 2.70. The highest BCUT2D eigenvalue weighted by molar-refractivity contribution is 5.83. The molecule has 0 aromatic rings. The summed E-state index contributed by atoms with van der Waals surface area (Å²) in [6.45, 7) is 5.60. The number of carbonyl (C=O) groups is 1. The molecular formula is C9H16O2. The maximum atomic E-state index is 11.3. The van der Waals surface area contributed by atoms with Gasteiger partial charge >= 0.3 is 0 Å². The predicted octanol–water partition coefficient (Wildman–Crippen LogP) is 1.37. The SMILES string of the molecule is C[C@H]1CC(C)(O)C[C@H](C)C1=O. The maximum Gasteiger partial charge on any atom is 0.138 e. The Labute approximate surface area is 67.6 Å². The summed E-state index contributed by atoms with van der Waals surface area (Å²) in [7, 11) is 0. The van der Waals surface area contributed by atoms with E-state index < -0.39 is 5.60 Å². The molecule has 1 N–H and O–H groups in total. The number of aliphatic hydroxyl groups is 1. The fourth-order valence-corrected chi connectivity index (χ4v) is 2.09. The molecule has 0 saturated heterocycles. The molecule has 1 aliphatic carbocycles. The van der Waals surface area contributed by atoms with E-state index in [4.69, 9.17) is 0 Å². The Kier molecular flexibility index (Phi) is 2.06. The van der Waals surface area contributed by atoms with Gasteiger partial charge in [-0.3, -0.25) is 4.79 Å². The Morgan fingerprint density at radius 2 is 1.73 bits per heavy atom. The van der Waals surface area contributed by atoms with Gasteiger partial charge in [0.1, 0.15) is 5.78 Å². The summed E-state index contributed by atoms with van der Waals surface area (Å²) in [4.78, 5) is 11.3. The number of rotatable bonds is 0. The van der Waals surface area contributed by atoms with Crippen LogP contribution in [0.3, 0.4) is 0 Å². The lowest BCUT2D eigenvalue weighted by molar-refractivity contribution is -0.135. The van der Waals surface area contributed by atoms with Gasteiger partial charge in [0.25, 0.3) is 0 Å². The highest BCUT2D eigenvalue weighted by atomic mass is 16.3. The minimum atomic E-state index is -0.618. The second kappa shape index (κ2) is 2.59. The van der Waals surface area contributed by atoms with E-state index in [0.29, 0.717) is 18.6 Å². The van der Waals surface area contributed by atoms with Crippen LogP contribution in [0.5, 0.6) is 0 Å². The molecule has 0 aromatic heterocycles. The summed E-state index contributed by atoms with van der Waals surface area (Å²) in [6, 6.07) is 0. The standard InChI is InChI=1S/C9H16O2/c1-6-4-9(3,11)5-7(2)8(6)10/h6-7,11H,4-5H2,1-3H3/t6-,7-/m0/s1. The van der Waals surface area contributed by atoms with E-state index in [1.807, 2.05) is 20.8 Å². The number of hydrogen-bond donors (Lipinski definition) is 1. The Morgan fingerprint density at radius 1 is 1.36 bits per heavy atom. The van der Waals surface area contributed by atoms with E-state index in [2.05, 4.69) is 0 Å². The molecule has 2 atom stereocenters. The second-order valence-electron chi connectivity index (χ2n) is 4.11. The summed E-state index contributed by atoms with van der Waals surface area (Å²) >= 11 is 0. The van der Waals surface area contributed by atoms with Crippen LogP contribution in [0.15, 0.2) is 0 Å². The minimum Gasteiger partial charge on any atom is -0.390 e. The zero-order chi connectivity index (χ0) is 8.65. The maximum absolute atomic E-state index is 11.3. The number of ketones is 1. The first-order valence-electron chi connectivity index (χ1n) is 4.18. The molecule has 1 aliphatic rings. The van der Waals surface area contributed by atoms with E-state index in [1.165, 1.54) is 0 Å². The van der Waals surface area contributed by atoms with Crippen LogP contribution < -0.4 is 0 Å². The lowest BCUT2D eigenvalue weighted by Crippen LogP contribution is -2.40. The van der Waals surface area contributed by atoms with Crippen LogP contribution in [0.4, 0.5) is 0 Å². The van der Waals surface area contributed by atoms with E-state index in [9.17, 15) is 9.90 Å². The molecule has 11 heavy (non-hydrogen) atoms. The lowest BCUT2D eigenvalue weighted by Gasteiger charge is -2.34. The van der Waals surface area contributed by atoms with Crippen LogP contribution in [0.2, 0.25) is 0 Å². The first-order valence-corrected chi connectivity index (χ1v) is 4.18. The van der Waals surface area contributed by atoms with Crippen molar-refractivity contribution in [3.8, 4) is 0 Å². The largest absolute Gasteiger partial charge is 0.390 e. The van der Waals surface area contributed by atoms with Crippen LogP contribution in [-0.4, -0.2) is 16.5 Å². The summed E-state index contributed by atoms with van der Waals surface area (Å²) in [6.07, 6.45) is 1.24. The molecule has 2 nitrogen and oxygen atoms in total. The molecule has 1 saturated carbocycles. The molecule has 0 unspecified atom stereocenters. The average molecular weight is 156 g/mol. The molecule has 0 spiro atoms. The summed E-state index contributed by atoms with van der Waals surface area (Å²) in [5, 5.41) is 9.68. The fourth-order valence-electron chi connectivity index (χ4n) is 2.09. The van der Waals surface area contributed by atoms with Gasteiger partial charge in [0.15, 0.2) is 0 Å². The van der Waals surface area contributed by atoms with Crippen molar-refractivity contribution < 1.29 is 9.90 Å². The van der Waals surface area contributed by atoms with Gasteiger partial charge in [0.05, 0.1) is 5.60 Å². The van der Waals surface area contributed by atoms with Gasteiger partial charge in [0.2, 0.25) is 0 Å². The van der Waals surface area contributed by atoms with Crippen LogP contribution in [0.1, 0.15) is 33.6 Å². The molecule has 64 valence electrons. The van der Waals surface area contributed by atoms with Gasteiger partial charge in [0, 0.05) is 11.8 Å². The van der Waals surface area contributed by atoms with Crippen molar-refractivity contribution in [1.29, 1.82) is 0 Å². The smallest absolute Gasteiger partial charge is 0.138 e. The van der Waals surface area contributed by atoms with Crippen molar-refractivity contribution in [3.63, 3.8) is 0 Å².